The van der Waals surface area contributed by atoms with Gasteiger partial charge in [0, 0.05) is 5.92 Å². The number of rotatable bonds is 4. The molecule has 0 fully saturated rings. The van der Waals surface area contributed by atoms with Crippen LogP contribution in [0.25, 0.3) is 0 Å². The van der Waals surface area contributed by atoms with Gasteiger partial charge in [0.15, 0.2) is 5.78 Å². The molecule has 68 valence electrons. The van der Waals surface area contributed by atoms with Crippen molar-refractivity contribution in [2.75, 3.05) is 0 Å². The van der Waals surface area contributed by atoms with E-state index in [1.165, 1.54) is 24.8 Å². The zero-order chi connectivity index (χ0) is 8.97. The third kappa shape index (κ3) is 2.47. The van der Waals surface area contributed by atoms with Crippen molar-refractivity contribution in [1.82, 2.24) is 0 Å². The Kier molecular flexibility index (Phi) is 3.51. The lowest BCUT2D eigenvalue weighted by Gasteiger charge is -2.06. The van der Waals surface area contributed by atoms with Gasteiger partial charge in [0.05, 0.1) is 0 Å². The minimum absolute atomic E-state index is 0.330. The Morgan fingerprint density at radius 3 is 2.75 bits per heavy atom. The highest BCUT2D eigenvalue weighted by atomic mass is 16.1. The van der Waals surface area contributed by atoms with Gasteiger partial charge in [0.1, 0.15) is 0 Å². The van der Waals surface area contributed by atoms with Gasteiger partial charge < -0.3 is 0 Å². The minimum Gasteiger partial charge on any atom is -0.295 e. The van der Waals surface area contributed by atoms with Crippen molar-refractivity contribution < 1.29 is 4.79 Å². The van der Waals surface area contributed by atoms with E-state index < -0.39 is 0 Å². The second-order valence-corrected chi connectivity index (χ2v) is 3.79. The Morgan fingerprint density at radius 2 is 2.25 bits per heavy atom. The van der Waals surface area contributed by atoms with Crippen LogP contribution in [0.5, 0.6) is 0 Å². The molecule has 0 heterocycles. The summed E-state index contributed by atoms with van der Waals surface area (Å²) in [6, 6.07) is 0. The van der Waals surface area contributed by atoms with Crippen molar-refractivity contribution in [2.24, 2.45) is 5.92 Å². The molecule has 1 nitrogen and oxygen atoms in total. The number of carbonyl (C=O) groups excluding carboxylic acids is 1. The molecule has 0 N–H and O–H groups in total. The fourth-order valence-electron chi connectivity index (χ4n) is 1.79. The van der Waals surface area contributed by atoms with E-state index in [4.69, 9.17) is 0 Å². The molecule has 1 heteroatoms. The smallest absolute Gasteiger partial charge is 0.159 e. The predicted molar refractivity (Wildman–Crippen MR) is 51.0 cm³/mol. The quantitative estimate of drug-likeness (QED) is 0.586. The van der Waals surface area contributed by atoms with Crippen LogP contribution in [0.1, 0.15) is 46.0 Å². The topological polar surface area (TPSA) is 17.1 Å². The highest BCUT2D eigenvalue weighted by Crippen LogP contribution is 2.25. The van der Waals surface area contributed by atoms with E-state index in [0.29, 0.717) is 11.7 Å². The van der Waals surface area contributed by atoms with Gasteiger partial charge in [-0.2, -0.15) is 0 Å². The monoisotopic (exact) mass is 166 g/mol. The van der Waals surface area contributed by atoms with Crippen LogP contribution in [-0.4, -0.2) is 5.78 Å². The maximum atomic E-state index is 11.3. The van der Waals surface area contributed by atoms with E-state index in [9.17, 15) is 4.79 Å². The molecule has 1 rings (SSSR count). The molecule has 0 bridgehead atoms. The fourth-order valence-corrected chi connectivity index (χ4v) is 1.79. The molecule has 0 unspecified atom stereocenters. The Hall–Kier alpha value is -0.590. The number of hydrogen-bond acceptors (Lipinski definition) is 1. The normalized spacial score (nSPS) is 23.0. The second-order valence-electron chi connectivity index (χ2n) is 3.79. The molecular weight excluding hydrogens is 148 g/mol. The van der Waals surface area contributed by atoms with Gasteiger partial charge in [-0.3, -0.25) is 4.79 Å². The summed E-state index contributed by atoms with van der Waals surface area (Å²) in [4.78, 5) is 11.3. The lowest BCUT2D eigenvalue weighted by Crippen LogP contribution is -2.06. The Labute approximate surface area is 74.9 Å². The fraction of sp³-hybridized carbons (Fsp3) is 0.727. The predicted octanol–water partition coefficient (Wildman–Crippen LogP) is 3.10. The zero-order valence-electron chi connectivity index (χ0n) is 8.10. The summed E-state index contributed by atoms with van der Waals surface area (Å²) in [5, 5.41) is 0. The van der Waals surface area contributed by atoms with Gasteiger partial charge >= 0.3 is 0 Å². The van der Waals surface area contributed by atoms with Gasteiger partial charge in [-0.25, -0.2) is 0 Å². The van der Waals surface area contributed by atoms with Crippen molar-refractivity contribution >= 4 is 5.78 Å². The third-order valence-corrected chi connectivity index (χ3v) is 2.52. The van der Waals surface area contributed by atoms with Gasteiger partial charge in [-0.15, -0.1) is 0 Å². The van der Waals surface area contributed by atoms with Crippen molar-refractivity contribution in [3.8, 4) is 0 Å². The third-order valence-electron chi connectivity index (χ3n) is 2.52. The molecule has 0 aliphatic heterocycles. The SMILES string of the molecule is CCCCC[C@@H]1CC(C)=CC1=O. The molecule has 0 saturated heterocycles. The average Bonchev–Trinajstić information content (AvgIpc) is 2.31. The molecular formula is C11H18O. The van der Waals surface area contributed by atoms with Gasteiger partial charge in [0.25, 0.3) is 0 Å². The summed E-state index contributed by atoms with van der Waals surface area (Å²) in [6.07, 6.45) is 7.66. The largest absolute Gasteiger partial charge is 0.295 e. The lowest BCUT2D eigenvalue weighted by atomic mass is 9.97. The number of hydrogen-bond donors (Lipinski definition) is 0. The van der Waals surface area contributed by atoms with Gasteiger partial charge in [-0.05, 0) is 25.8 Å². The van der Waals surface area contributed by atoms with Crippen molar-refractivity contribution in [3.63, 3.8) is 0 Å². The number of unbranched alkanes of at least 4 members (excludes halogenated alkanes) is 2. The van der Waals surface area contributed by atoms with Crippen LogP contribution in [-0.2, 0) is 4.79 Å². The molecule has 1 aliphatic carbocycles. The maximum absolute atomic E-state index is 11.3. The molecule has 0 aromatic rings. The molecule has 0 amide bonds. The van der Waals surface area contributed by atoms with E-state index in [2.05, 4.69) is 13.8 Å². The summed E-state index contributed by atoms with van der Waals surface area (Å²) >= 11 is 0. The van der Waals surface area contributed by atoms with Crippen molar-refractivity contribution in [2.45, 2.75) is 46.0 Å². The van der Waals surface area contributed by atoms with Gasteiger partial charge in [-0.1, -0.05) is 31.8 Å². The average molecular weight is 166 g/mol. The Morgan fingerprint density at radius 1 is 1.50 bits per heavy atom. The molecule has 0 aromatic heterocycles. The second kappa shape index (κ2) is 4.44. The zero-order valence-corrected chi connectivity index (χ0v) is 8.10. The van der Waals surface area contributed by atoms with Crippen LogP contribution in [0.2, 0.25) is 0 Å². The summed E-state index contributed by atoms with van der Waals surface area (Å²) in [5.74, 6) is 0.695. The first-order valence-electron chi connectivity index (χ1n) is 4.95. The first kappa shape index (κ1) is 9.50. The summed E-state index contributed by atoms with van der Waals surface area (Å²) in [5.41, 5.74) is 1.27. The van der Waals surface area contributed by atoms with Crippen LogP contribution in [0.4, 0.5) is 0 Å². The highest BCUT2D eigenvalue weighted by molar-refractivity contribution is 5.94. The van der Waals surface area contributed by atoms with E-state index in [-0.39, 0.29) is 0 Å². The van der Waals surface area contributed by atoms with Crippen LogP contribution in [0.15, 0.2) is 11.6 Å². The molecule has 1 atom stereocenters. The van der Waals surface area contributed by atoms with E-state index >= 15 is 0 Å². The van der Waals surface area contributed by atoms with E-state index in [1.54, 1.807) is 0 Å². The van der Waals surface area contributed by atoms with Crippen LogP contribution in [0.3, 0.4) is 0 Å². The first-order chi connectivity index (χ1) is 5.74. The highest BCUT2D eigenvalue weighted by Gasteiger charge is 2.21. The molecule has 0 saturated carbocycles. The summed E-state index contributed by atoms with van der Waals surface area (Å²) in [6.45, 7) is 4.25. The first-order valence-corrected chi connectivity index (χ1v) is 4.95. The maximum Gasteiger partial charge on any atom is 0.159 e. The summed E-state index contributed by atoms with van der Waals surface area (Å²) < 4.78 is 0. The molecule has 0 spiro atoms. The molecule has 0 aromatic carbocycles. The molecule has 0 radical (unpaired) electrons. The summed E-state index contributed by atoms with van der Waals surface area (Å²) in [7, 11) is 0. The standard InChI is InChI=1S/C11H18O/c1-3-4-5-6-10-7-9(2)8-11(10)12/h8,10H,3-7H2,1-2H3/t10-/m1/s1. The van der Waals surface area contributed by atoms with Crippen LogP contribution < -0.4 is 0 Å². The van der Waals surface area contributed by atoms with Crippen molar-refractivity contribution in [3.05, 3.63) is 11.6 Å². The van der Waals surface area contributed by atoms with Crippen LogP contribution >= 0.6 is 0 Å². The van der Waals surface area contributed by atoms with Gasteiger partial charge in [0.2, 0.25) is 0 Å². The molecule has 1 aliphatic rings. The van der Waals surface area contributed by atoms with Crippen molar-refractivity contribution in [1.29, 1.82) is 0 Å². The lowest BCUT2D eigenvalue weighted by molar-refractivity contribution is -0.117. The number of allylic oxidation sites excluding steroid dienone is 2. The number of carbonyl (C=O) groups is 1. The van der Waals surface area contributed by atoms with Crippen LogP contribution in [0, 0.1) is 5.92 Å². The van der Waals surface area contributed by atoms with E-state index in [0.717, 1.165) is 12.8 Å². The number of ketones is 1. The Bertz CT molecular complexity index is 191. The van der Waals surface area contributed by atoms with E-state index in [1.807, 2.05) is 6.08 Å². The Balaban J connectivity index is 2.23. The minimum atomic E-state index is 0.330. The molecule has 12 heavy (non-hydrogen) atoms.